The number of hydrogen-bond acceptors (Lipinski definition) is 4. The van der Waals surface area contributed by atoms with Crippen LogP contribution in [0.3, 0.4) is 0 Å². The lowest BCUT2D eigenvalue weighted by Gasteiger charge is -2.14. The third-order valence-corrected chi connectivity index (χ3v) is 4.19. The lowest BCUT2D eigenvalue weighted by Crippen LogP contribution is -2.31. The van der Waals surface area contributed by atoms with Crippen molar-refractivity contribution in [1.29, 1.82) is 0 Å². The van der Waals surface area contributed by atoms with Gasteiger partial charge in [-0.25, -0.2) is 4.98 Å². The highest BCUT2D eigenvalue weighted by molar-refractivity contribution is 14.0. The molecule has 0 amide bonds. The number of aliphatic imine (C=N–C) groups is 1. The molecule has 3 N–H and O–H groups in total. The van der Waals surface area contributed by atoms with Crippen molar-refractivity contribution in [1.82, 2.24) is 15.3 Å². The van der Waals surface area contributed by atoms with E-state index in [0.717, 1.165) is 41.9 Å². The minimum atomic E-state index is 0. The number of H-pyrrole nitrogens is 1. The van der Waals surface area contributed by atoms with Gasteiger partial charge in [0.1, 0.15) is 5.82 Å². The van der Waals surface area contributed by atoms with Gasteiger partial charge in [-0.15, -0.1) is 24.0 Å². The standard InChI is InChI=1S/C20H25N5O2.HI/c1-21-20(23-14-10-11-17(26-2)18(13-14)27-3)22-12-6-9-19-24-15-7-4-5-8-16(15)25-19;/h4-5,7-8,10-11,13H,6,9,12H2,1-3H3,(H,24,25)(H2,21,22,23);1H. The Morgan fingerprint density at radius 1 is 1.11 bits per heavy atom. The first kappa shape index (κ1) is 21.8. The Labute approximate surface area is 182 Å². The van der Waals surface area contributed by atoms with Crippen LogP contribution in [0.2, 0.25) is 0 Å². The number of hydrogen-bond donors (Lipinski definition) is 3. The maximum Gasteiger partial charge on any atom is 0.195 e. The first-order chi connectivity index (χ1) is 13.2. The highest BCUT2D eigenvalue weighted by atomic mass is 127. The minimum Gasteiger partial charge on any atom is -0.493 e. The van der Waals surface area contributed by atoms with E-state index in [1.54, 1.807) is 21.3 Å². The molecule has 0 radical (unpaired) electrons. The van der Waals surface area contributed by atoms with Gasteiger partial charge in [0.25, 0.3) is 0 Å². The number of nitrogens with zero attached hydrogens (tertiary/aromatic N) is 2. The molecule has 8 heteroatoms. The summed E-state index contributed by atoms with van der Waals surface area (Å²) in [6.45, 7) is 0.782. The maximum atomic E-state index is 5.33. The van der Waals surface area contributed by atoms with Crippen molar-refractivity contribution in [3.63, 3.8) is 0 Å². The Morgan fingerprint density at radius 3 is 2.61 bits per heavy atom. The molecule has 1 aromatic heterocycles. The number of fused-ring (bicyclic) bond motifs is 1. The zero-order valence-corrected chi connectivity index (χ0v) is 18.6. The average Bonchev–Trinajstić information content (AvgIpc) is 3.12. The summed E-state index contributed by atoms with van der Waals surface area (Å²) in [6, 6.07) is 13.7. The zero-order chi connectivity index (χ0) is 19.1. The van der Waals surface area contributed by atoms with Crippen molar-refractivity contribution < 1.29 is 9.47 Å². The highest BCUT2D eigenvalue weighted by Gasteiger charge is 2.06. The summed E-state index contributed by atoms with van der Waals surface area (Å²) in [7, 11) is 4.98. The summed E-state index contributed by atoms with van der Waals surface area (Å²) in [6.07, 6.45) is 1.81. The van der Waals surface area contributed by atoms with E-state index in [1.807, 2.05) is 42.5 Å². The van der Waals surface area contributed by atoms with Crippen LogP contribution in [0.15, 0.2) is 47.5 Å². The van der Waals surface area contributed by atoms with E-state index in [4.69, 9.17) is 9.47 Å². The van der Waals surface area contributed by atoms with E-state index in [1.165, 1.54) is 0 Å². The number of aromatic nitrogens is 2. The quantitative estimate of drug-likeness (QED) is 0.201. The third kappa shape index (κ3) is 5.51. The van der Waals surface area contributed by atoms with Gasteiger partial charge < -0.3 is 25.1 Å². The van der Waals surface area contributed by atoms with Crippen LogP contribution in [0.1, 0.15) is 12.2 Å². The van der Waals surface area contributed by atoms with E-state index in [0.29, 0.717) is 17.5 Å². The van der Waals surface area contributed by atoms with Gasteiger partial charge in [-0.1, -0.05) is 12.1 Å². The van der Waals surface area contributed by atoms with Crippen LogP contribution in [0.4, 0.5) is 5.69 Å². The molecule has 0 fully saturated rings. The second kappa shape index (κ2) is 10.7. The van der Waals surface area contributed by atoms with E-state index in [-0.39, 0.29) is 24.0 Å². The van der Waals surface area contributed by atoms with Crippen molar-refractivity contribution >= 4 is 46.7 Å². The molecular weight excluding hydrogens is 469 g/mol. The smallest absolute Gasteiger partial charge is 0.195 e. The molecule has 0 atom stereocenters. The largest absolute Gasteiger partial charge is 0.493 e. The molecule has 0 saturated carbocycles. The van der Waals surface area contributed by atoms with E-state index >= 15 is 0 Å². The average molecular weight is 495 g/mol. The Morgan fingerprint density at radius 2 is 1.89 bits per heavy atom. The number of halogens is 1. The number of guanidine groups is 1. The summed E-state index contributed by atoms with van der Waals surface area (Å²) in [4.78, 5) is 12.2. The molecule has 7 nitrogen and oxygen atoms in total. The van der Waals surface area contributed by atoms with Crippen LogP contribution < -0.4 is 20.1 Å². The van der Waals surface area contributed by atoms with Crippen LogP contribution in [-0.2, 0) is 6.42 Å². The van der Waals surface area contributed by atoms with E-state index in [2.05, 4.69) is 25.6 Å². The molecule has 0 spiro atoms. The van der Waals surface area contributed by atoms with Crippen molar-refractivity contribution in [3.8, 4) is 11.5 Å². The first-order valence-electron chi connectivity index (χ1n) is 8.87. The van der Waals surface area contributed by atoms with Crippen molar-refractivity contribution in [2.45, 2.75) is 12.8 Å². The first-order valence-corrected chi connectivity index (χ1v) is 8.87. The molecule has 3 rings (SSSR count). The van der Waals surface area contributed by atoms with Gasteiger partial charge in [0.2, 0.25) is 0 Å². The lowest BCUT2D eigenvalue weighted by molar-refractivity contribution is 0.355. The normalized spacial score (nSPS) is 11.0. The summed E-state index contributed by atoms with van der Waals surface area (Å²) in [5.74, 6) is 3.06. The summed E-state index contributed by atoms with van der Waals surface area (Å²) in [5.41, 5.74) is 2.95. The summed E-state index contributed by atoms with van der Waals surface area (Å²) in [5, 5.41) is 6.57. The van der Waals surface area contributed by atoms with Crippen LogP contribution in [0, 0.1) is 0 Å². The fraction of sp³-hybridized carbons (Fsp3) is 0.300. The molecule has 0 aliphatic rings. The molecule has 1 heterocycles. The van der Waals surface area contributed by atoms with Gasteiger partial charge in [-0.2, -0.15) is 0 Å². The van der Waals surface area contributed by atoms with Crippen molar-refractivity contribution in [2.24, 2.45) is 4.99 Å². The minimum absolute atomic E-state index is 0. The van der Waals surface area contributed by atoms with Gasteiger partial charge in [0.15, 0.2) is 17.5 Å². The molecule has 28 heavy (non-hydrogen) atoms. The van der Waals surface area contributed by atoms with Crippen LogP contribution in [0.5, 0.6) is 11.5 Å². The molecule has 150 valence electrons. The predicted molar refractivity (Wildman–Crippen MR) is 124 cm³/mol. The number of anilines is 1. The number of rotatable bonds is 7. The monoisotopic (exact) mass is 495 g/mol. The van der Waals surface area contributed by atoms with Gasteiger partial charge in [-0.05, 0) is 30.7 Å². The topological polar surface area (TPSA) is 83.6 Å². The predicted octanol–water partition coefficient (Wildman–Crippen LogP) is 3.82. The highest BCUT2D eigenvalue weighted by Crippen LogP contribution is 2.29. The number of ether oxygens (including phenoxy) is 2. The van der Waals surface area contributed by atoms with Crippen LogP contribution in [0.25, 0.3) is 11.0 Å². The molecule has 0 aliphatic carbocycles. The summed E-state index contributed by atoms with van der Waals surface area (Å²) >= 11 is 0. The fourth-order valence-corrected chi connectivity index (χ4v) is 2.82. The molecule has 0 aliphatic heterocycles. The van der Waals surface area contributed by atoms with Gasteiger partial charge in [0, 0.05) is 31.8 Å². The molecule has 0 unspecified atom stereocenters. The summed E-state index contributed by atoms with van der Waals surface area (Å²) < 4.78 is 10.6. The Kier molecular flexibility index (Phi) is 8.37. The van der Waals surface area contributed by atoms with Crippen molar-refractivity contribution in [3.05, 3.63) is 48.3 Å². The van der Waals surface area contributed by atoms with Crippen LogP contribution in [-0.4, -0.2) is 43.7 Å². The number of nitrogens with one attached hydrogen (secondary N) is 3. The number of para-hydroxylation sites is 2. The SMILES string of the molecule is CN=C(NCCCc1nc2ccccc2[nH]1)Nc1ccc(OC)c(OC)c1.I. The third-order valence-electron chi connectivity index (χ3n) is 4.19. The zero-order valence-electron chi connectivity index (χ0n) is 16.3. The lowest BCUT2D eigenvalue weighted by atomic mass is 10.2. The van der Waals surface area contributed by atoms with Gasteiger partial charge in [-0.3, -0.25) is 4.99 Å². The molecule has 0 saturated heterocycles. The second-order valence-corrected chi connectivity index (χ2v) is 6.00. The van der Waals surface area contributed by atoms with Gasteiger partial charge >= 0.3 is 0 Å². The van der Waals surface area contributed by atoms with Gasteiger partial charge in [0.05, 0.1) is 25.3 Å². The number of methoxy groups -OCH3 is 2. The van der Waals surface area contributed by atoms with E-state index < -0.39 is 0 Å². The Balaban J connectivity index is 0.00000280. The molecule has 0 bridgehead atoms. The number of aromatic amines is 1. The number of aryl methyl sites for hydroxylation is 1. The molecular formula is C20H26IN5O2. The number of benzene rings is 2. The Bertz CT molecular complexity index is 893. The number of imidazole rings is 1. The molecule has 3 aromatic rings. The maximum absolute atomic E-state index is 5.33. The van der Waals surface area contributed by atoms with Crippen molar-refractivity contribution in [2.75, 3.05) is 33.1 Å². The molecule has 2 aromatic carbocycles. The fourth-order valence-electron chi connectivity index (χ4n) is 2.82. The van der Waals surface area contributed by atoms with Crippen LogP contribution >= 0.6 is 24.0 Å². The van der Waals surface area contributed by atoms with E-state index in [9.17, 15) is 0 Å². The second-order valence-electron chi connectivity index (χ2n) is 6.00. The Hall–Kier alpha value is -2.49.